The molecular weight excluding hydrogens is 406 g/mol. The highest BCUT2D eigenvalue weighted by atomic mass is 16.5. The van der Waals surface area contributed by atoms with Crippen LogP contribution in [-0.2, 0) is 20.8 Å². The zero-order valence-corrected chi connectivity index (χ0v) is 19.5. The molecule has 4 rings (SSSR count). The number of ether oxygens (including phenoxy) is 1. The third-order valence-corrected chi connectivity index (χ3v) is 6.48. The Kier molecular flexibility index (Phi) is 6.01. The fraction of sp³-hybridized carbons (Fsp3) is 0.560. The quantitative estimate of drug-likeness (QED) is 0.691. The molecule has 1 saturated heterocycles. The Bertz CT molecular complexity index is 1050. The molecule has 1 fully saturated rings. The van der Waals surface area contributed by atoms with E-state index in [9.17, 15) is 14.4 Å². The number of nitrogens with one attached hydrogen (secondary N) is 2. The highest BCUT2D eigenvalue weighted by Crippen LogP contribution is 2.42. The van der Waals surface area contributed by atoms with Crippen LogP contribution in [-0.4, -0.2) is 46.7 Å². The van der Waals surface area contributed by atoms with E-state index in [0.717, 1.165) is 34.3 Å². The van der Waals surface area contributed by atoms with Crippen LogP contribution < -0.4 is 10.1 Å². The molecule has 0 saturated carbocycles. The number of ketones is 1. The second-order valence-corrected chi connectivity index (χ2v) is 9.94. The van der Waals surface area contributed by atoms with Gasteiger partial charge in [0.15, 0.2) is 0 Å². The van der Waals surface area contributed by atoms with E-state index in [0.29, 0.717) is 18.8 Å². The molecule has 0 bridgehead atoms. The van der Waals surface area contributed by atoms with E-state index in [2.05, 4.69) is 24.1 Å². The van der Waals surface area contributed by atoms with E-state index in [-0.39, 0.29) is 36.0 Å². The fourth-order valence-corrected chi connectivity index (χ4v) is 5.15. The van der Waals surface area contributed by atoms with Gasteiger partial charge in [0.25, 0.3) is 0 Å². The molecule has 2 amide bonds. The maximum absolute atomic E-state index is 13.6. The van der Waals surface area contributed by atoms with E-state index >= 15 is 0 Å². The van der Waals surface area contributed by atoms with Crippen molar-refractivity contribution < 1.29 is 19.1 Å². The number of carbonyl (C=O) groups is 3. The third-order valence-electron chi connectivity index (χ3n) is 6.48. The molecule has 32 heavy (non-hydrogen) atoms. The summed E-state index contributed by atoms with van der Waals surface area (Å²) in [5.41, 5.74) is 3.03. The number of rotatable bonds is 7. The molecule has 3 atom stereocenters. The number of aromatic nitrogens is 1. The lowest BCUT2D eigenvalue weighted by atomic mass is 9.84. The molecular formula is C25H33N3O4. The summed E-state index contributed by atoms with van der Waals surface area (Å²) in [5, 5.41) is 3.91. The van der Waals surface area contributed by atoms with Crippen molar-refractivity contribution >= 4 is 28.5 Å². The van der Waals surface area contributed by atoms with Gasteiger partial charge < -0.3 is 19.9 Å². The highest BCUT2D eigenvalue weighted by molar-refractivity contribution is 6.01. The van der Waals surface area contributed by atoms with Crippen LogP contribution in [0.5, 0.6) is 5.75 Å². The fourth-order valence-electron chi connectivity index (χ4n) is 5.15. The van der Waals surface area contributed by atoms with Gasteiger partial charge in [0, 0.05) is 41.9 Å². The minimum atomic E-state index is -0.786. The number of amides is 2. The predicted molar refractivity (Wildman–Crippen MR) is 122 cm³/mol. The number of hydrogen-bond acceptors (Lipinski definition) is 4. The van der Waals surface area contributed by atoms with Gasteiger partial charge in [-0.1, -0.05) is 27.7 Å². The Morgan fingerprint density at radius 1 is 1.19 bits per heavy atom. The average Bonchev–Trinajstić information content (AvgIpc) is 3.08. The van der Waals surface area contributed by atoms with Crippen molar-refractivity contribution in [2.45, 2.75) is 71.5 Å². The molecule has 7 nitrogen and oxygen atoms in total. The van der Waals surface area contributed by atoms with E-state index in [1.54, 1.807) is 12.0 Å². The molecule has 0 aliphatic carbocycles. The van der Waals surface area contributed by atoms with Crippen LogP contribution in [0.25, 0.3) is 10.9 Å². The van der Waals surface area contributed by atoms with Crippen LogP contribution in [0.4, 0.5) is 0 Å². The predicted octanol–water partition coefficient (Wildman–Crippen LogP) is 3.52. The van der Waals surface area contributed by atoms with Crippen molar-refractivity contribution in [3.05, 3.63) is 29.5 Å². The summed E-state index contributed by atoms with van der Waals surface area (Å²) in [6.07, 6.45) is 1.66. The van der Waals surface area contributed by atoms with E-state index in [1.807, 2.05) is 32.0 Å². The van der Waals surface area contributed by atoms with Crippen LogP contribution in [0.2, 0.25) is 0 Å². The van der Waals surface area contributed by atoms with Crippen LogP contribution in [0, 0.1) is 11.8 Å². The van der Waals surface area contributed by atoms with E-state index in [1.165, 1.54) is 0 Å². The lowest BCUT2D eigenvalue weighted by molar-refractivity contribution is -0.154. The van der Waals surface area contributed by atoms with Gasteiger partial charge >= 0.3 is 0 Å². The molecule has 0 spiro atoms. The second-order valence-electron chi connectivity index (χ2n) is 9.94. The number of Topliss-reactive ketones (excluding diaryl/α,β-unsaturated/α-hetero) is 1. The Labute approximate surface area is 188 Å². The topological polar surface area (TPSA) is 91.5 Å². The summed E-state index contributed by atoms with van der Waals surface area (Å²) >= 11 is 0. The lowest BCUT2D eigenvalue weighted by Gasteiger charge is -2.46. The first-order valence-corrected chi connectivity index (χ1v) is 11.5. The Morgan fingerprint density at radius 3 is 2.59 bits per heavy atom. The second kappa shape index (κ2) is 8.60. The first-order chi connectivity index (χ1) is 15.2. The molecule has 0 radical (unpaired) electrons. The normalized spacial score (nSPS) is 22.8. The zero-order chi connectivity index (χ0) is 23.2. The molecule has 0 unspecified atom stereocenters. The van der Waals surface area contributed by atoms with Gasteiger partial charge in [-0.05, 0) is 36.0 Å². The van der Waals surface area contributed by atoms with Gasteiger partial charge in [0.05, 0.1) is 13.2 Å². The molecule has 1 aromatic carbocycles. The Balaban J connectivity index is 1.73. The van der Waals surface area contributed by atoms with Gasteiger partial charge in [0.2, 0.25) is 11.8 Å². The average molecular weight is 440 g/mol. The number of nitrogens with zero attached hydrogens (tertiary/aromatic N) is 1. The number of benzene rings is 1. The molecule has 2 N–H and O–H groups in total. The lowest BCUT2D eigenvalue weighted by Crippen LogP contribution is -2.66. The summed E-state index contributed by atoms with van der Waals surface area (Å²) in [6, 6.07) is 4.31. The number of piperazine rings is 1. The van der Waals surface area contributed by atoms with Gasteiger partial charge in [-0.15, -0.1) is 0 Å². The van der Waals surface area contributed by atoms with Crippen LogP contribution in [0.3, 0.4) is 0 Å². The van der Waals surface area contributed by atoms with Crippen molar-refractivity contribution in [2.24, 2.45) is 11.8 Å². The van der Waals surface area contributed by atoms with Crippen LogP contribution in [0.1, 0.15) is 64.3 Å². The number of hydrogen-bond donors (Lipinski definition) is 2. The SMILES string of the molecule is COc1ccc2c3c([nH]c2c1)[C@H](CC(C)C)N1C(=O)[C@H](CC(=O)CC(C)C)NC(=O)[C@@H]1C3. The minimum absolute atomic E-state index is 0.00733. The summed E-state index contributed by atoms with van der Waals surface area (Å²) < 4.78 is 5.37. The molecule has 172 valence electrons. The van der Waals surface area contributed by atoms with E-state index < -0.39 is 12.1 Å². The van der Waals surface area contributed by atoms with Gasteiger partial charge in [-0.3, -0.25) is 14.4 Å². The van der Waals surface area contributed by atoms with Gasteiger partial charge in [0.1, 0.15) is 23.6 Å². The molecule has 2 aliphatic heterocycles. The first-order valence-electron chi connectivity index (χ1n) is 11.5. The number of aromatic amines is 1. The summed E-state index contributed by atoms with van der Waals surface area (Å²) in [5.74, 6) is 0.985. The van der Waals surface area contributed by atoms with Crippen molar-refractivity contribution in [1.82, 2.24) is 15.2 Å². The highest BCUT2D eigenvalue weighted by Gasteiger charge is 2.48. The molecule has 1 aromatic heterocycles. The van der Waals surface area contributed by atoms with Gasteiger partial charge in [-0.2, -0.15) is 0 Å². The standard InChI is InChI=1S/C25H33N3O4/c1-13(2)8-15(29)10-20-25(31)28-21(9-14(3)4)23-18(12-22(28)24(30)27-20)17-7-6-16(32-5)11-19(17)26-23/h6-7,11,13-14,20-22,26H,8-10,12H2,1-5H3,(H,27,30)/t20-,21-,22-/m0/s1. The van der Waals surface area contributed by atoms with Crippen molar-refractivity contribution in [2.75, 3.05) is 7.11 Å². The number of fused-ring (bicyclic) bond motifs is 4. The molecule has 2 aliphatic rings. The Morgan fingerprint density at radius 2 is 1.94 bits per heavy atom. The van der Waals surface area contributed by atoms with Crippen molar-refractivity contribution in [3.8, 4) is 5.75 Å². The minimum Gasteiger partial charge on any atom is -0.497 e. The number of methoxy groups -OCH3 is 1. The largest absolute Gasteiger partial charge is 0.497 e. The molecule has 3 heterocycles. The van der Waals surface area contributed by atoms with Crippen molar-refractivity contribution in [1.29, 1.82) is 0 Å². The number of carbonyl (C=O) groups excluding carboxylic acids is 3. The van der Waals surface area contributed by atoms with Gasteiger partial charge in [-0.25, -0.2) is 0 Å². The summed E-state index contributed by atoms with van der Waals surface area (Å²) in [4.78, 5) is 44.4. The maximum atomic E-state index is 13.6. The zero-order valence-electron chi connectivity index (χ0n) is 19.5. The molecule has 7 heteroatoms. The third kappa shape index (κ3) is 4.00. The Hall–Kier alpha value is -2.83. The van der Waals surface area contributed by atoms with Crippen molar-refractivity contribution in [3.63, 3.8) is 0 Å². The monoisotopic (exact) mass is 439 g/mol. The molecule has 2 aromatic rings. The first kappa shape index (κ1) is 22.4. The van der Waals surface area contributed by atoms with E-state index in [4.69, 9.17) is 4.74 Å². The number of H-pyrrole nitrogens is 1. The van der Waals surface area contributed by atoms with Crippen LogP contribution >= 0.6 is 0 Å². The summed E-state index contributed by atoms with van der Waals surface area (Å²) in [7, 11) is 1.63. The smallest absolute Gasteiger partial charge is 0.246 e. The maximum Gasteiger partial charge on any atom is 0.246 e. The summed E-state index contributed by atoms with van der Waals surface area (Å²) in [6.45, 7) is 8.19. The van der Waals surface area contributed by atoms with Crippen LogP contribution in [0.15, 0.2) is 18.2 Å².